The first-order valence-electron chi connectivity index (χ1n) is 8.66. The largest absolute Gasteiger partial charge is 0.380 e. The molecule has 7 nitrogen and oxygen atoms in total. The summed E-state index contributed by atoms with van der Waals surface area (Å²) in [7, 11) is 1.76. The number of guanidine groups is 1. The van der Waals surface area contributed by atoms with E-state index in [1.807, 2.05) is 24.4 Å². The number of nitrogens with zero attached hydrogens (tertiary/aromatic N) is 4. The standard InChI is InChI=1S/C18H28N6O.HI/c1-15(2)6-11-25-12-9-21-18(19-3)22-14-16-5-8-20-17(13-16)24-10-4-7-23-24;/h4-5,7-8,10,13,15H,6,9,11-12,14H2,1-3H3,(H2,19,21,22);1H. The highest BCUT2D eigenvalue weighted by atomic mass is 127. The molecule has 0 aliphatic heterocycles. The molecule has 0 aliphatic carbocycles. The Kier molecular flexibility index (Phi) is 10.9. The van der Waals surface area contributed by atoms with E-state index >= 15 is 0 Å². The second kappa shape index (κ2) is 12.6. The van der Waals surface area contributed by atoms with Crippen molar-refractivity contribution in [1.82, 2.24) is 25.4 Å². The van der Waals surface area contributed by atoms with Crippen LogP contribution in [-0.2, 0) is 11.3 Å². The minimum atomic E-state index is 0. The number of aromatic nitrogens is 3. The predicted octanol–water partition coefficient (Wildman–Crippen LogP) is 2.61. The van der Waals surface area contributed by atoms with E-state index in [0.29, 0.717) is 19.1 Å². The first kappa shape index (κ1) is 22.4. The fourth-order valence-corrected chi connectivity index (χ4v) is 2.17. The van der Waals surface area contributed by atoms with E-state index < -0.39 is 0 Å². The molecule has 0 unspecified atom stereocenters. The van der Waals surface area contributed by atoms with Gasteiger partial charge in [0.15, 0.2) is 11.8 Å². The van der Waals surface area contributed by atoms with Gasteiger partial charge >= 0.3 is 0 Å². The maximum atomic E-state index is 5.60. The molecule has 2 aromatic rings. The van der Waals surface area contributed by atoms with Gasteiger partial charge in [-0.05, 0) is 36.1 Å². The third-order valence-corrected chi connectivity index (χ3v) is 3.61. The van der Waals surface area contributed by atoms with Crippen LogP contribution in [0.15, 0.2) is 41.8 Å². The van der Waals surface area contributed by atoms with Crippen LogP contribution in [0.5, 0.6) is 0 Å². The van der Waals surface area contributed by atoms with Crippen molar-refractivity contribution in [2.45, 2.75) is 26.8 Å². The number of hydrogen-bond donors (Lipinski definition) is 2. The highest BCUT2D eigenvalue weighted by Crippen LogP contribution is 2.05. The van der Waals surface area contributed by atoms with Crippen molar-refractivity contribution in [2.75, 3.05) is 26.8 Å². The van der Waals surface area contributed by atoms with E-state index in [1.165, 1.54) is 0 Å². The van der Waals surface area contributed by atoms with Crippen molar-refractivity contribution >= 4 is 29.9 Å². The first-order chi connectivity index (χ1) is 12.2. The Bertz CT molecular complexity index is 645. The molecule has 2 aromatic heterocycles. The summed E-state index contributed by atoms with van der Waals surface area (Å²) in [6.45, 7) is 7.26. The highest BCUT2D eigenvalue weighted by molar-refractivity contribution is 14.0. The van der Waals surface area contributed by atoms with Gasteiger partial charge in [-0.25, -0.2) is 9.67 Å². The monoisotopic (exact) mass is 472 g/mol. The number of pyridine rings is 1. The van der Waals surface area contributed by atoms with Crippen molar-refractivity contribution in [3.8, 4) is 5.82 Å². The Morgan fingerprint density at radius 2 is 2.12 bits per heavy atom. The second-order valence-corrected chi connectivity index (χ2v) is 6.12. The number of ether oxygens (including phenoxy) is 1. The van der Waals surface area contributed by atoms with Crippen LogP contribution >= 0.6 is 24.0 Å². The Morgan fingerprint density at radius 3 is 2.81 bits per heavy atom. The van der Waals surface area contributed by atoms with E-state index in [-0.39, 0.29) is 24.0 Å². The van der Waals surface area contributed by atoms with Crippen molar-refractivity contribution in [1.29, 1.82) is 0 Å². The lowest BCUT2D eigenvalue weighted by molar-refractivity contribution is 0.128. The Balaban J connectivity index is 0.00000338. The van der Waals surface area contributed by atoms with Crippen molar-refractivity contribution < 1.29 is 4.74 Å². The highest BCUT2D eigenvalue weighted by Gasteiger charge is 2.02. The summed E-state index contributed by atoms with van der Waals surface area (Å²) in [6.07, 6.45) is 6.49. The zero-order valence-electron chi connectivity index (χ0n) is 15.7. The predicted molar refractivity (Wildman–Crippen MR) is 115 cm³/mol. The summed E-state index contributed by atoms with van der Waals surface area (Å²) in [5, 5.41) is 10.7. The van der Waals surface area contributed by atoms with Gasteiger partial charge in [-0.3, -0.25) is 4.99 Å². The van der Waals surface area contributed by atoms with Gasteiger partial charge in [0.1, 0.15) is 0 Å². The van der Waals surface area contributed by atoms with E-state index in [9.17, 15) is 0 Å². The van der Waals surface area contributed by atoms with Crippen molar-refractivity contribution in [2.24, 2.45) is 10.9 Å². The van der Waals surface area contributed by atoms with Gasteiger partial charge in [0.2, 0.25) is 0 Å². The van der Waals surface area contributed by atoms with Crippen LogP contribution in [-0.4, -0.2) is 47.5 Å². The molecule has 2 N–H and O–H groups in total. The molecule has 0 aliphatic rings. The van der Waals surface area contributed by atoms with Gasteiger partial charge in [0, 0.05) is 45.3 Å². The number of aliphatic imine (C=N–C) groups is 1. The maximum absolute atomic E-state index is 5.60. The summed E-state index contributed by atoms with van der Waals surface area (Å²) in [6, 6.07) is 5.85. The average molecular weight is 472 g/mol. The molecule has 0 saturated carbocycles. The van der Waals surface area contributed by atoms with E-state index in [4.69, 9.17) is 4.74 Å². The molecular weight excluding hydrogens is 443 g/mol. The van der Waals surface area contributed by atoms with Crippen LogP contribution in [0, 0.1) is 5.92 Å². The van der Waals surface area contributed by atoms with Crippen LogP contribution in [0.2, 0.25) is 0 Å². The number of rotatable bonds is 9. The van der Waals surface area contributed by atoms with Gasteiger partial charge in [0.05, 0.1) is 6.61 Å². The van der Waals surface area contributed by atoms with Crippen molar-refractivity contribution in [3.05, 3.63) is 42.4 Å². The molecule has 0 aromatic carbocycles. The zero-order chi connectivity index (χ0) is 17.9. The van der Waals surface area contributed by atoms with Gasteiger partial charge in [-0.1, -0.05) is 13.8 Å². The van der Waals surface area contributed by atoms with Crippen molar-refractivity contribution in [3.63, 3.8) is 0 Å². The minimum absolute atomic E-state index is 0. The zero-order valence-corrected chi connectivity index (χ0v) is 18.0. The summed E-state index contributed by atoms with van der Waals surface area (Å²) >= 11 is 0. The fraction of sp³-hybridized carbons (Fsp3) is 0.500. The molecule has 8 heteroatoms. The SMILES string of the molecule is CN=C(NCCOCCC(C)C)NCc1ccnc(-n2cccn2)c1.I. The van der Waals surface area contributed by atoms with E-state index in [0.717, 1.165) is 36.9 Å². The van der Waals surface area contributed by atoms with Gasteiger partial charge < -0.3 is 15.4 Å². The van der Waals surface area contributed by atoms with Crippen LogP contribution in [0.4, 0.5) is 0 Å². The lowest BCUT2D eigenvalue weighted by Crippen LogP contribution is -2.38. The summed E-state index contributed by atoms with van der Waals surface area (Å²) in [4.78, 5) is 8.56. The molecule has 2 heterocycles. The molecule has 0 saturated heterocycles. The Morgan fingerprint density at radius 1 is 1.27 bits per heavy atom. The molecule has 144 valence electrons. The molecule has 2 rings (SSSR count). The Hall–Kier alpha value is -1.68. The topological polar surface area (TPSA) is 76.4 Å². The molecule has 0 bridgehead atoms. The third-order valence-electron chi connectivity index (χ3n) is 3.61. The lowest BCUT2D eigenvalue weighted by Gasteiger charge is -2.13. The number of hydrogen-bond acceptors (Lipinski definition) is 4. The fourth-order valence-electron chi connectivity index (χ4n) is 2.17. The molecular formula is C18H29IN6O. The number of nitrogens with one attached hydrogen (secondary N) is 2. The number of halogens is 1. The molecule has 26 heavy (non-hydrogen) atoms. The molecule has 0 amide bonds. The van der Waals surface area contributed by atoms with Crippen LogP contribution in [0.1, 0.15) is 25.8 Å². The Labute approximate surface area is 172 Å². The first-order valence-corrected chi connectivity index (χ1v) is 8.66. The summed E-state index contributed by atoms with van der Waals surface area (Å²) in [5.74, 6) is 2.23. The van der Waals surface area contributed by atoms with Crippen LogP contribution in [0.25, 0.3) is 5.82 Å². The summed E-state index contributed by atoms with van der Waals surface area (Å²) in [5.41, 5.74) is 1.11. The maximum Gasteiger partial charge on any atom is 0.191 e. The van der Waals surface area contributed by atoms with Crippen LogP contribution in [0.3, 0.4) is 0 Å². The minimum Gasteiger partial charge on any atom is -0.380 e. The van der Waals surface area contributed by atoms with E-state index in [1.54, 1.807) is 24.1 Å². The average Bonchev–Trinajstić information content (AvgIpc) is 3.15. The molecule has 0 spiro atoms. The second-order valence-electron chi connectivity index (χ2n) is 6.12. The molecule has 0 radical (unpaired) electrons. The lowest BCUT2D eigenvalue weighted by atomic mass is 10.1. The quantitative estimate of drug-likeness (QED) is 0.254. The third kappa shape index (κ3) is 8.13. The van der Waals surface area contributed by atoms with Gasteiger partial charge in [0.25, 0.3) is 0 Å². The summed E-state index contributed by atoms with van der Waals surface area (Å²) < 4.78 is 7.34. The van der Waals surface area contributed by atoms with Crippen LogP contribution < -0.4 is 10.6 Å². The smallest absolute Gasteiger partial charge is 0.191 e. The normalized spacial score (nSPS) is 11.3. The molecule has 0 atom stereocenters. The van der Waals surface area contributed by atoms with E-state index in [2.05, 4.69) is 39.6 Å². The van der Waals surface area contributed by atoms with Gasteiger partial charge in [-0.2, -0.15) is 5.10 Å². The van der Waals surface area contributed by atoms with Gasteiger partial charge in [-0.15, -0.1) is 24.0 Å². The molecule has 0 fully saturated rings.